The van der Waals surface area contributed by atoms with Gasteiger partial charge in [0, 0.05) is 30.3 Å². The Morgan fingerprint density at radius 3 is 2.62 bits per heavy atom. The Bertz CT molecular complexity index is 483. The van der Waals surface area contributed by atoms with E-state index < -0.39 is 0 Å². The van der Waals surface area contributed by atoms with Crippen molar-refractivity contribution in [2.75, 3.05) is 12.4 Å². The van der Waals surface area contributed by atoms with Crippen molar-refractivity contribution in [1.29, 1.82) is 0 Å². The summed E-state index contributed by atoms with van der Waals surface area (Å²) in [7, 11) is 1.91. The molecule has 1 aliphatic carbocycles. The van der Waals surface area contributed by atoms with Crippen molar-refractivity contribution in [2.24, 2.45) is 0 Å². The van der Waals surface area contributed by atoms with Gasteiger partial charge in [-0.25, -0.2) is 0 Å². The fourth-order valence-electron chi connectivity index (χ4n) is 1.80. The molecule has 1 aromatic heterocycles. The van der Waals surface area contributed by atoms with Gasteiger partial charge in [-0.1, -0.05) is 5.16 Å². The van der Waals surface area contributed by atoms with E-state index in [4.69, 9.17) is 4.52 Å². The Hall–Kier alpha value is -1.77. The molecule has 1 fully saturated rings. The first-order chi connectivity index (χ1) is 7.86. The molecular weight excluding hydrogens is 200 g/mol. The molecule has 0 aliphatic heterocycles. The van der Waals surface area contributed by atoms with Gasteiger partial charge in [0.15, 0.2) is 5.76 Å². The number of anilines is 1. The number of hydrogen-bond donors (Lipinski definition) is 1. The highest BCUT2D eigenvalue weighted by Crippen LogP contribution is 2.40. The zero-order valence-corrected chi connectivity index (χ0v) is 9.23. The maximum atomic E-state index is 5.36. The third kappa shape index (κ3) is 1.69. The number of aromatic nitrogens is 1. The zero-order chi connectivity index (χ0) is 11.0. The maximum Gasteiger partial charge on any atom is 0.167 e. The van der Waals surface area contributed by atoms with E-state index in [0.29, 0.717) is 5.92 Å². The predicted molar refractivity (Wildman–Crippen MR) is 63.5 cm³/mol. The smallest absolute Gasteiger partial charge is 0.167 e. The summed E-state index contributed by atoms with van der Waals surface area (Å²) in [4.78, 5) is 0. The quantitative estimate of drug-likeness (QED) is 0.852. The van der Waals surface area contributed by atoms with E-state index in [2.05, 4.69) is 16.5 Å². The highest BCUT2D eigenvalue weighted by Gasteiger charge is 2.27. The molecule has 3 rings (SSSR count). The van der Waals surface area contributed by atoms with Gasteiger partial charge in [-0.3, -0.25) is 0 Å². The summed E-state index contributed by atoms with van der Waals surface area (Å²) in [5.41, 5.74) is 3.29. The van der Waals surface area contributed by atoms with Crippen molar-refractivity contribution in [3.05, 3.63) is 36.0 Å². The standard InChI is InChI=1S/C13H14N2O/c1-14-11-6-4-10(5-7-11)13-8-12(15-16-13)9-2-3-9/h4-9,14H,2-3H2,1H3. The first kappa shape index (κ1) is 9.46. The summed E-state index contributed by atoms with van der Waals surface area (Å²) in [5, 5.41) is 7.20. The number of hydrogen-bond acceptors (Lipinski definition) is 3. The Kier molecular flexibility index (Phi) is 2.17. The van der Waals surface area contributed by atoms with E-state index in [1.807, 2.05) is 31.3 Å². The molecule has 0 amide bonds. The van der Waals surface area contributed by atoms with E-state index >= 15 is 0 Å². The second-order valence-electron chi connectivity index (χ2n) is 4.22. The van der Waals surface area contributed by atoms with Crippen LogP contribution in [0.3, 0.4) is 0 Å². The molecule has 2 aromatic rings. The van der Waals surface area contributed by atoms with E-state index in [1.54, 1.807) is 0 Å². The Morgan fingerprint density at radius 2 is 2.00 bits per heavy atom. The van der Waals surface area contributed by atoms with Gasteiger partial charge in [0.25, 0.3) is 0 Å². The van der Waals surface area contributed by atoms with Gasteiger partial charge in [0.05, 0.1) is 5.69 Å². The van der Waals surface area contributed by atoms with Gasteiger partial charge in [-0.2, -0.15) is 0 Å². The van der Waals surface area contributed by atoms with Crippen LogP contribution in [0.5, 0.6) is 0 Å². The highest BCUT2D eigenvalue weighted by molar-refractivity contribution is 5.61. The molecule has 1 aromatic carbocycles. The van der Waals surface area contributed by atoms with E-state index in [1.165, 1.54) is 12.8 Å². The van der Waals surface area contributed by atoms with Crippen molar-refractivity contribution >= 4 is 5.69 Å². The van der Waals surface area contributed by atoms with Gasteiger partial charge in [0.2, 0.25) is 0 Å². The highest BCUT2D eigenvalue weighted by atomic mass is 16.5. The second-order valence-corrected chi connectivity index (χ2v) is 4.22. The lowest BCUT2D eigenvalue weighted by atomic mass is 10.1. The molecule has 0 spiro atoms. The molecule has 3 nitrogen and oxygen atoms in total. The van der Waals surface area contributed by atoms with E-state index in [9.17, 15) is 0 Å². The van der Waals surface area contributed by atoms with Crippen molar-refractivity contribution < 1.29 is 4.52 Å². The molecule has 0 saturated heterocycles. The van der Waals surface area contributed by atoms with Crippen LogP contribution in [-0.4, -0.2) is 12.2 Å². The van der Waals surface area contributed by atoms with Gasteiger partial charge < -0.3 is 9.84 Å². The van der Waals surface area contributed by atoms with Crippen LogP contribution in [0.1, 0.15) is 24.5 Å². The lowest BCUT2D eigenvalue weighted by Crippen LogP contribution is -1.86. The van der Waals surface area contributed by atoms with Crippen LogP contribution in [-0.2, 0) is 0 Å². The lowest BCUT2D eigenvalue weighted by Gasteiger charge is -1.99. The third-order valence-electron chi connectivity index (χ3n) is 2.98. The molecule has 82 valence electrons. The van der Waals surface area contributed by atoms with Crippen LogP contribution in [0.2, 0.25) is 0 Å². The maximum absolute atomic E-state index is 5.36. The van der Waals surface area contributed by atoms with Gasteiger partial charge in [0.1, 0.15) is 0 Å². The molecule has 1 saturated carbocycles. The van der Waals surface area contributed by atoms with Gasteiger partial charge >= 0.3 is 0 Å². The van der Waals surface area contributed by atoms with Crippen molar-refractivity contribution in [3.63, 3.8) is 0 Å². The molecular formula is C13H14N2O. The first-order valence-electron chi connectivity index (χ1n) is 5.61. The Balaban J connectivity index is 1.88. The molecule has 1 N–H and O–H groups in total. The summed E-state index contributed by atoms with van der Waals surface area (Å²) in [5.74, 6) is 1.51. The van der Waals surface area contributed by atoms with Crippen molar-refractivity contribution in [2.45, 2.75) is 18.8 Å². The second kappa shape index (κ2) is 3.67. The van der Waals surface area contributed by atoms with Crippen LogP contribution < -0.4 is 5.32 Å². The summed E-state index contributed by atoms with van der Waals surface area (Å²) in [6, 6.07) is 10.2. The summed E-state index contributed by atoms with van der Waals surface area (Å²) in [6.07, 6.45) is 2.51. The monoisotopic (exact) mass is 214 g/mol. The van der Waals surface area contributed by atoms with E-state index in [0.717, 1.165) is 22.7 Å². The average molecular weight is 214 g/mol. The molecule has 0 atom stereocenters. The van der Waals surface area contributed by atoms with Crippen LogP contribution in [0.4, 0.5) is 5.69 Å². The average Bonchev–Trinajstić information content (AvgIpc) is 3.08. The third-order valence-corrected chi connectivity index (χ3v) is 2.98. The lowest BCUT2D eigenvalue weighted by molar-refractivity contribution is 0.424. The van der Waals surface area contributed by atoms with Gasteiger partial charge in [-0.05, 0) is 37.1 Å². The SMILES string of the molecule is CNc1ccc(-c2cc(C3CC3)no2)cc1. The molecule has 1 aliphatic rings. The largest absolute Gasteiger partial charge is 0.388 e. The fourth-order valence-corrected chi connectivity index (χ4v) is 1.80. The molecule has 1 heterocycles. The fraction of sp³-hybridized carbons (Fsp3) is 0.308. The topological polar surface area (TPSA) is 38.1 Å². The summed E-state index contributed by atoms with van der Waals surface area (Å²) < 4.78 is 5.36. The van der Waals surface area contributed by atoms with Crippen LogP contribution in [0.15, 0.2) is 34.9 Å². The normalized spacial score (nSPS) is 15.1. The van der Waals surface area contributed by atoms with Crippen LogP contribution >= 0.6 is 0 Å². The molecule has 0 bridgehead atoms. The zero-order valence-electron chi connectivity index (χ0n) is 9.23. The van der Waals surface area contributed by atoms with E-state index in [-0.39, 0.29) is 0 Å². The molecule has 0 unspecified atom stereocenters. The van der Waals surface area contributed by atoms with Crippen LogP contribution in [0, 0.1) is 0 Å². The first-order valence-corrected chi connectivity index (χ1v) is 5.61. The molecule has 3 heteroatoms. The van der Waals surface area contributed by atoms with Gasteiger partial charge in [-0.15, -0.1) is 0 Å². The van der Waals surface area contributed by atoms with Crippen molar-refractivity contribution in [1.82, 2.24) is 5.16 Å². The number of benzene rings is 1. The number of nitrogens with one attached hydrogen (secondary N) is 1. The Labute approximate surface area is 94.5 Å². The summed E-state index contributed by atoms with van der Waals surface area (Å²) >= 11 is 0. The number of nitrogens with zero attached hydrogens (tertiary/aromatic N) is 1. The summed E-state index contributed by atoms with van der Waals surface area (Å²) in [6.45, 7) is 0. The molecule has 16 heavy (non-hydrogen) atoms. The Morgan fingerprint density at radius 1 is 1.25 bits per heavy atom. The molecule has 0 radical (unpaired) electrons. The number of rotatable bonds is 3. The van der Waals surface area contributed by atoms with Crippen LogP contribution in [0.25, 0.3) is 11.3 Å². The minimum atomic E-state index is 0.647. The predicted octanol–water partition coefficient (Wildman–Crippen LogP) is 3.26. The van der Waals surface area contributed by atoms with Crippen molar-refractivity contribution in [3.8, 4) is 11.3 Å². The minimum Gasteiger partial charge on any atom is -0.388 e. The minimum absolute atomic E-state index is 0.647.